The van der Waals surface area contributed by atoms with Crippen LogP contribution in [0.25, 0.3) is 0 Å². The number of nitrogens with one attached hydrogen (secondary N) is 2. The lowest BCUT2D eigenvalue weighted by atomic mass is 9.99. The van der Waals surface area contributed by atoms with Crippen LogP contribution in [0.5, 0.6) is 11.5 Å². The van der Waals surface area contributed by atoms with Crippen molar-refractivity contribution in [3.8, 4) is 11.5 Å². The van der Waals surface area contributed by atoms with Crippen LogP contribution in [-0.4, -0.2) is 57.2 Å². The number of carbonyl (C=O) groups is 1. The molecular formula is C24H33IN4O3. The second-order valence-corrected chi connectivity index (χ2v) is 7.47. The second kappa shape index (κ2) is 13.1. The quantitative estimate of drug-likeness (QED) is 0.299. The van der Waals surface area contributed by atoms with Crippen molar-refractivity contribution in [2.24, 2.45) is 4.99 Å². The molecule has 1 fully saturated rings. The largest absolute Gasteiger partial charge is 0.493 e. The topological polar surface area (TPSA) is 75.2 Å². The van der Waals surface area contributed by atoms with Gasteiger partial charge in [0, 0.05) is 39.1 Å². The molecule has 0 spiro atoms. The molecule has 8 heteroatoms. The first kappa shape index (κ1) is 25.8. The van der Waals surface area contributed by atoms with Crippen molar-refractivity contribution in [2.75, 3.05) is 40.4 Å². The zero-order chi connectivity index (χ0) is 22.1. The van der Waals surface area contributed by atoms with Gasteiger partial charge in [0.15, 0.2) is 24.1 Å². The predicted octanol–water partition coefficient (Wildman–Crippen LogP) is 3.39. The van der Waals surface area contributed by atoms with Crippen molar-refractivity contribution >= 4 is 35.8 Å². The number of likely N-dealkylation sites (N-methyl/N-ethyl adjacent to an activating group) is 1. The fraction of sp³-hybridized carbons (Fsp3) is 0.417. The lowest BCUT2D eigenvalue weighted by Crippen LogP contribution is -2.39. The Balaban J connectivity index is 0.00000363. The van der Waals surface area contributed by atoms with E-state index in [4.69, 9.17) is 9.47 Å². The van der Waals surface area contributed by atoms with Gasteiger partial charge in [-0.1, -0.05) is 36.4 Å². The number of hydrogen-bond acceptors (Lipinski definition) is 4. The van der Waals surface area contributed by atoms with Crippen LogP contribution < -0.4 is 20.1 Å². The molecule has 2 aromatic rings. The van der Waals surface area contributed by atoms with E-state index >= 15 is 0 Å². The summed E-state index contributed by atoms with van der Waals surface area (Å²) in [5.41, 5.74) is 2.43. The summed E-state index contributed by atoms with van der Waals surface area (Å²) < 4.78 is 11.0. The summed E-state index contributed by atoms with van der Waals surface area (Å²) in [4.78, 5) is 18.4. The zero-order valence-corrected chi connectivity index (χ0v) is 21.3. The van der Waals surface area contributed by atoms with Gasteiger partial charge >= 0.3 is 0 Å². The molecule has 1 aliphatic rings. The van der Waals surface area contributed by atoms with Crippen molar-refractivity contribution in [2.45, 2.75) is 25.8 Å². The highest BCUT2D eigenvalue weighted by Crippen LogP contribution is 2.29. The summed E-state index contributed by atoms with van der Waals surface area (Å²) in [7, 11) is 3.41. The number of carbonyl (C=O) groups excluding carboxylic acids is 1. The van der Waals surface area contributed by atoms with Crippen LogP contribution in [0.4, 0.5) is 0 Å². The SMILES string of the molecule is CCNC(=O)COc1ccc(CNC(=NC)N2CCC(c3ccccc3)C2)cc1OC.I. The number of benzene rings is 2. The molecule has 0 bridgehead atoms. The summed E-state index contributed by atoms with van der Waals surface area (Å²) >= 11 is 0. The summed E-state index contributed by atoms with van der Waals surface area (Å²) in [6.45, 7) is 4.97. The van der Waals surface area contributed by atoms with Gasteiger partial charge in [-0.05, 0) is 36.6 Å². The van der Waals surface area contributed by atoms with E-state index in [1.54, 1.807) is 7.11 Å². The minimum absolute atomic E-state index is 0. The lowest BCUT2D eigenvalue weighted by Gasteiger charge is -2.22. The normalized spacial score (nSPS) is 15.7. The molecule has 0 aliphatic carbocycles. The molecule has 1 atom stereocenters. The summed E-state index contributed by atoms with van der Waals surface area (Å²) in [6, 6.07) is 16.4. The van der Waals surface area contributed by atoms with Crippen LogP contribution in [0.2, 0.25) is 0 Å². The number of rotatable bonds is 8. The molecule has 0 aromatic heterocycles. The van der Waals surface area contributed by atoms with Crippen LogP contribution in [-0.2, 0) is 11.3 Å². The van der Waals surface area contributed by atoms with E-state index in [0.29, 0.717) is 30.5 Å². The first-order chi connectivity index (χ1) is 15.1. The Morgan fingerprint density at radius 2 is 1.94 bits per heavy atom. The van der Waals surface area contributed by atoms with Crippen molar-refractivity contribution in [1.29, 1.82) is 0 Å². The Morgan fingerprint density at radius 3 is 2.62 bits per heavy atom. The Hall–Kier alpha value is -2.49. The molecule has 1 amide bonds. The van der Waals surface area contributed by atoms with E-state index in [1.165, 1.54) is 5.56 Å². The van der Waals surface area contributed by atoms with Gasteiger partial charge in [-0.15, -0.1) is 24.0 Å². The van der Waals surface area contributed by atoms with Gasteiger partial charge in [0.05, 0.1) is 7.11 Å². The molecule has 2 N–H and O–H groups in total. The zero-order valence-electron chi connectivity index (χ0n) is 19.0. The maximum Gasteiger partial charge on any atom is 0.257 e. The first-order valence-corrected chi connectivity index (χ1v) is 10.7. The number of aliphatic imine (C=N–C) groups is 1. The van der Waals surface area contributed by atoms with Gasteiger partial charge in [0.1, 0.15) is 0 Å². The number of halogens is 1. The van der Waals surface area contributed by atoms with E-state index in [-0.39, 0.29) is 36.5 Å². The third-order valence-electron chi connectivity index (χ3n) is 5.38. The monoisotopic (exact) mass is 552 g/mol. The second-order valence-electron chi connectivity index (χ2n) is 7.47. The van der Waals surface area contributed by atoms with E-state index in [9.17, 15) is 4.79 Å². The molecule has 1 unspecified atom stereocenters. The Labute approximate surface area is 207 Å². The van der Waals surface area contributed by atoms with Gasteiger partial charge in [0.25, 0.3) is 5.91 Å². The number of likely N-dealkylation sites (tertiary alicyclic amines) is 1. The van der Waals surface area contributed by atoms with Gasteiger partial charge in [0.2, 0.25) is 0 Å². The summed E-state index contributed by atoms with van der Waals surface area (Å²) in [6.07, 6.45) is 1.12. The molecule has 1 saturated heterocycles. The number of amides is 1. The highest BCUT2D eigenvalue weighted by Gasteiger charge is 2.25. The molecule has 2 aromatic carbocycles. The van der Waals surface area contributed by atoms with Crippen molar-refractivity contribution < 1.29 is 14.3 Å². The number of ether oxygens (including phenoxy) is 2. The summed E-state index contributed by atoms with van der Waals surface area (Å²) in [5, 5.41) is 6.16. The van der Waals surface area contributed by atoms with E-state index in [2.05, 4.69) is 50.9 Å². The van der Waals surface area contributed by atoms with Gasteiger partial charge < -0.3 is 25.0 Å². The van der Waals surface area contributed by atoms with Crippen LogP contribution in [0, 0.1) is 0 Å². The third kappa shape index (κ3) is 7.01. The minimum atomic E-state index is -0.154. The van der Waals surface area contributed by atoms with Crippen molar-refractivity contribution in [3.63, 3.8) is 0 Å². The Morgan fingerprint density at radius 1 is 1.16 bits per heavy atom. The van der Waals surface area contributed by atoms with Crippen LogP contribution in [0.1, 0.15) is 30.4 Å². The standard InChI is InChI=1S/C24H32N4O3.HI/c1-4-26-23(29)17-31-21-11-10-18(14-22(21)30-3)15-27-24(25-2)28-13-12-20(16-28)19-8-6-5-7-9-19;/h5-11,14,20H,4,12-13,15-17H2,1-3H3,(H,25,27)(H,26,29);1H. The average molecular weight is 552 g/mol. The van der Waals surface area contributed by atoms with Crippen LogP contribution in [0.15, 0.2) is 53.5 Å². The minimum Gasteiger partial charge on any atom is -0.493 e. The van der Waals surface area contributed by atoms with Gasteiger partial charge in [-0.3, -0.25) is 9.79 Å². The Bertz CT molecular complexity index is 892. The van der Waals surface area contributed by atoms with Crippen LogP contribution in [0.3, 0.4) is 0 Å². The Kier molecular flexibility index (Phi) is 10.6. The number of nitrogens with zero attached hydrogens (tertiary/aromatic N) is 2. The number of hydrogen-bond donors (Lipinski definition) is 2. The molecule has 3 rings (SSSR count). The lowest BCUT2D eigenvalue weighted by molar-refractivity contribution is -0.123. The van der Waals surface area contributed by atoms with Gasteiger partial charge in [-0.2, -0.15) is 0 Å². The molecule has 7 nitrogen and oxygen atoms in total. The fourth-order valence-corrected chi connectivity index (χ4v) is 3.80. The third-order valence-corrected chi connectivity index (χ3v) is 5.38. The molecule has 0 saturated carbocycles. The molecular weight excluding hydrogens is 519 g/mol. The molecule has 0 radical (unpaired) electrons. The van der Waals surface area contributed by atoms with Crippen molar-refractivity contribution in [3.05, 3.63) is 59.7 Å². The first-order valence-electron chi connectivity index (χ1n) is 10.7. The molecule has 174 valence electrons. The van der Waals surface area contributed by atoms with Crippen LogP contribution >= 0.6 is 24.0 Å². The number of methoxy groups -OCH3 is 1. The molecule has 1 aliphatic heterocycles. The maximum atomic E-state index is 11.6. The van der Waals surface area contributed by atoms with E-state index < -0.39 is 0 Å². The fourth-order valence-electron chi connectivity index (χ4n) is 3.80. The molecule has 32 heavy (non-hydrogen) atoms. The smallest absolute Gasteiger partial charge is 0.257 e. The maximum absolute atomic E-state index is 11.6. The summed E-state index contributed by atoms with van der Waals surface area (Å²) in [5.74, 6) is 2.42. The van der Waals surface area contributed by atoms with Crippen molar-refractivity contribution in [1.82, 2.24) is 15.5 Å². The van der Waals surface area contributed by atoms with E-state index in [1.807, 2.05) is 32.2 Å². The molecule has 1 heterocycles. The van der Waals surface area contributed by atoms with E-state index in [0.717, 1.165) is 31.0 Å². The van der Waals surface area contributed by atoms with Gasteiger partial charge in [-0.25, -0.2) is 0 Å². The highest BCUT2D eigenvalue weighted by molar-refractivity contribution is 14.0. The number of guanidine groups is 1. The predicted molar refractivity (Wildman–Crippen MR) is 138 cm³/mol. The highest BCUT2D eigenvalue weighted by atomic mass is 127. The average Bonchev–Trinajstić information content (AvgIpc) is 3.29.